The number of hydrogen-bond donors (Lipinski definition) is 1. The molecule has 2 aliphatic rings. The highest BCUT2D eigenvalue weighted by atomic mass is 16.6. The fraction of sp³-hybridized carbons (Fsp3) is 1.00. The third-order valence-corrected chi connectivity index (χ3v) is 3.11. The van der Waals surface area contributed by atoms with Crippen LogP contribution in [0.5, 0.6) is 0 Å². The van der Waals surface area contributed by atoms with Gasteiger partial charge in [-0.25, -0.2) is 0 Å². The first-order valence-electron chi connectivity index (χ1n) is 5.15. The second-order valence-corrected chi connectivity index (χ2v) is 4.34. The molecule has 1 heterocycles. The molecule has 1 N–H and O–H groups in total. The van der Waals surface area contributed by atoms with E-state index in [0.717, 1.165) is 19.4 Å². The Morgan fingerprint density at radius 1 is 1.38 bits per heavy atom. The average Bonchev–Trinajstić information content (AvgIpc) is 2.84. The van der Waals surface area contributed by atoms with Crippen LogP contribution in [0.3, 0.4) is 0 Å². The summed E-state index contributed by atoms with van der Waals surface area (Å²) in [6, 6.07) is 0. The summed E-state index contributed by atoms with van der Waals surface area (Å²) in [5, 5.41) is 9.29. The smallest absolute Gasteiger partial charge is 0.104 e. The molecule has 1 saturated carbocycles. The van der Waals surface area contributed by atoms with Gasteiger partial charge in [0.25, 0.3) is 0 Å². The molecule has 1 saturated heterocycles. The summed E-state index contributed by atoms with van der Waals surface area (Å²) in [5.41, 5.74) is 0.0783. The lowest BCUT2D eigenvalue weighted by Gasteiger charge is -2.25. The van der Waals surface area contributed by atoms with E-state index in [-0.39, 0.29) is 12.0 Å². The van der Waals surface area contributed by atoms with Crippen LogP contribution < -0.4 is 0 Å². The van der Waals surface area contributed by atoms with E-state index in [9.17, 15) is 5.11 Å². The maximum atomic E-state index is 9.29. The highest BCUT2D eigenvalue weighted by molar-refractivity contribution is 4.84. The van der Waals surface area contributed by atoms with Crippen molar-refractivity contribution < 1.29 is 14.6 Å². The van der Waals surface area contributed by atoms with Crippen LogP contribution in [0.2, 0.25) is 0 Å². The molecule has 0 aromatic heterocycles. The summed E-state index contributed by atoms with van der Waals surface area (Å²) in [7, 11) is 0. The van der Waals surface area contributed by atoms with E-state index >= 15 is 0 Å². The summed E-state index contributed by atoms with van der Waals surface area (Å²) >= 11 is 0. The first kappa shape index (κ1) is 9.44. The Kier molecular flexibility index (Phi) is 2.86. The van der Waals surface area contributed by atoms with Crippen molar-refractivity contribution in [3.63, 3.8) is 0 Å². The SMILES string of the molecule is OCC1(COCC2CO2)CCCC1. The van der Waals surface area contributed by atoms with E-state index < -0.39 is 0 Å². The molecule has 1 atom stereocenters. The Morgan fingerprint density at radius 3 is 2.62 bits per heavy atom. The third-order valence-electron chi connectivity index (χ3n) is 3.11. The zero-order valence-corrected chi connectivity index (χ0v) is 8.00. The molecule has 3 heteroatoms. The van der Waals surface area contributed by atoms with E-state index in [0.29, 0.717) is 19.3 Å². The van der Waals surface area contributed by atoms with Gasteiger partial charge in [0.15, 0.2) is 0 Å². The van der Waals surface area contributed by atoms with Crippen LogP contribution in [0.15, 0.2) is 0 Å². The minimum absolute atomic E-state index is 0.0783. The standard InChI is InChI=1S/C10H18O3/c11-7-10(3-1-2-4-10)8-12-5-9-6-13-9/h9,11H,1-8H2. The van der Waals surface area contributed by atoms with Gasteiger partial charge in [-0.05, 0) is 12.8 Å². The predicted octanol–water partition coefficient (Wildman–Crippen LogP) is 0.954. The highest BCUT2D eigenvalue weighted by Crippen LogP contribution is 2.37. The molecule has 13 heavy (non-hydrogen) atoms. The first-order valence-corrected chi connectivity index (χ1v) is 5.15. The molecule has 0 aromatic carbocycles. The topological polar surface area (TPSA) is 42.0 Å². The minimum Gasteiger partial charge on any atom is -0.396 e. The quantitative estimate of drug-likeness (QED) is 0.650. The van der Waals surface area contributed by atoms with Gasteiger partial charge in [0, 0.05) is 5.41 Å². The summed E-state index contributed by atoms with van der Waals surface area (Å²) in [4.78, 5) is 0. The van der Waals surface area contributed by atoms with Gasteiger partial charge in [0.2, 0.25) is 0 Å². The van der Waals surface area contributed by atoms with Gasteiger partial charge in [-0.2, -0.15) is 0 Å². The molecule has 1 aliphatic heterocycles. The van der Waals surface area contributed by atoms with E-state index in [4.69, 9.17) is 9.47 Å². The van der Waals surface area contributed by atoms with E-state index in [1.54, 1.807) is 0 Å². The van der Waals surface area contributed by atoms with E-state index in [1.807, 2.05) is 0 Å². The van der Waals surface area contributed by atoms with Crippen LogP contribution in [0, 0.1) is 5.41 Å². The van der Waals surface area contributed by atoms with Gasteiger partial charge in [-0.3, -0.25) is 0 Å². The summed E-state index contributed by atoms with van der Waals surface area (Å²) in [6.07, 6.45) is 5.06. The van der Waals surface area contributed by atoms with Crippen molar-refractivity contribution in [1.29, 1.82) is 0 Å². The number of ether oxygens (including phenoxy) is 2. The van der Waals surface area contributed by atoms with Crippen molar-refractivity contribution >= 4 is 0 Å². The Bertz CT molecular complexity index is 160. The van der Waals surface area contributed by atoms with Crippen molar-refractivity contribution in [1.82, 2.24) is 0 Å². The fourth-order valence-corrected chi connectivity index (χ4v) is 2.04. The average molecular weight is 186 g/mol. The molecule has 2 fully saturated rings. The lowest BCUT2D eigenvalue weighted by molar-refractivity contribution is 0.00510. The Labute approximate surface area is 79.0 Å². The molecule has 76 valence electrons. The summed E-state index contributed by atoms with van der Waals surface area (Å²) in [5.74, 6) is 0. The first-order chi connectivity index (χ1) is 6.35. The number of hydrogen-bond acceptors (Lipinski definition) is 3. The molecular weight excluding hydrogens is 168 g/mol. The van der Waals surface area contributed by atoms with Crippen LogP contribution in [-0.2, 0) is 9.47 Å². The third kappa shape index (κ3) is 2.42. The number of aliphatic hydroxyl groups excluding tert-OH is 1. The fourth-order valence-electron chi connectivity index (χ4n) is 2.04. The van der Waals surface area contributed by atoms with Gasteiger partial charge >= 0.3 is 0 Å². The Morgan fingerprint density at radius 2 is 2.08 bits per heavy atom. The summed E-state index contributed by atoms with van der Waals surface area (Å²) in [6.45, 7) is 2.55. The minimum atomic E-state index is 0.0783. The van der Waals surface area contributed by atoms with Crippen LogP contribution in [0.4, 0.5) is 0 Å². The van der Waals surface area contributed by atoms with Crippen LogP contribution >= 0.6 is 0 Å². The van der Waals surface area contributed by atoms with Crippen LogP contribution in [-0.4, -0.2) is 37.6 Å². The molecule has 2 rings (SSSR count). The molecule has 0 spiro atoms. The molecule has 0 radical (unpaired) electrons. The van der Waals surface area contributed by atoms with Gasteiger partial charge in [-0.1, -0.05) is 12.8 Å². The largest absolute Gasteiger partial charge is 0.396 e. The molecular formula is C10H18O3. The van der Waals surface area contributed by atoms with Crippen molar-refractivity contribution in [2.24, 2.45) is 5.41 Å². The normalized spacial score (nSPS) is 30.7. The second-order valence-electron chi connectivity index (χ2n) is 4.34. The van der Waals surface area contributed by atoms with Crippen LogP contribution in [0.1, 0.15) is 25.7 Å². The Balaban J connectivity index is 1.69. The van der Waals surface area contributed by atoms with Gasteiger partial charge in [0.05, 0.1) is 26.4 Å². The van der Waals surface area contributed by atoms with Crippen molar-refractivity contribution in [3.8, 4) is 0 Å². The van der Waals surface area contributed by atoms with Gasteiger partial charge in [-0.15, -0.1) is 0 Å². The Hall–Kier alpha value is -0.120. The molecule has 1 unspecified atom stereocenters. The molecule has 3 nitrogen and oxygen atoms in total. The molecule has 0 amide bonds. The highest BCUT2D eigenvalue weighted by Gasteiger charge is 2.34. The van der Waals surface area contributed by atoms with Crippen molar-refractivity contribution in [3.05, 3.63) is 0 Å². The van der Waals surface area contributed by atoms with Gasteiger partial charge < -0.3 is 14.6 Å². The predicted molar refractivity (Wildman–Crippen MR) is 48.5 cm³/mol. The van der Waals surface area contributed by atoms with Crippen molar-refractivity contribution in [2.75, 3.05) is 26.4 Å². The maximum Gasteiger partial charge on any atom is 0.104 e. The zero-order valence-electron chi connectivity index (χ0n) is 8.00. The van der Waals surface area contributed by atoms with E-state index in [2.05, 4.69) is 0 Å². The number of aliphatic hydroxyl groups is 1. The number of epoxide rings is 1. The van der Waals surface area contributed by atoms with Gasteiger partial charge in [0.1, 0.15) is 6.10 Å². The lowest BCUT2D eigenvalue weighted by atomic mass is 9.88. The van der Waals surface area contributed by atoms with Crippen LogP contribution in [0.25, 0.3) is 0 Å². The molecule has 0 bridgehead atoms. The van der Waals surface area contributed by atoms with Crippen molar-refractivity contribution in [2.45, 2.75) is 31.8 Å². The van der Waals surface area contributed by atoms with E-state index in [1.165, 1.54) is 12.8 Å². The zero-order chi connectivity index (χ0) is 9.15. The number of rotatable bonds is 5. The maximum absolute atomic E-state index is 9.29. The summed E-state index contributed by atoms with van der Waals surface area (Å²) < 4.78 is 10.6. The monoisotopic (exact) mass is 186 g/mol. The lowest BCUT2D eigenvalue weighted by Crippen LogP contribution is -2.28. The molecule has 1 aliphatic carbocycles. The second kappa shape index (κ2) is 3.95. The molecule has 0 aromatic rings.